The summed E-state index contributed by atoms with van der Waals surface area (Å²) >= 11 is 1.83. The second-order valence-electron chi connectivity index (χ2n) is 14.5. The van der Waals surface area contributed by atoms with Gasteiger partial charge in [-0.25, -0.2) is 0 Å². The summed E-state index contributed by atoms with van der Waals surface area (Å²) in [6.45, 7) is 17.7. The van der Waals surface area contributed by atoms with Crippen LogP contribution in [0, 0.1) is 52.2 Å². The molecule has 3 nitrogen and oxygen atoms in total. The molecule has 1 radical (unpaired) electrons. The molecule has 4 aromatic carbocycles. The molecule has 4 aromatic heterocycles. The van der Waals surface area contributed by atoms with Crippen molar-refractivity contribution in [1.82, 2.24) is 9.97 Å². The van der Waals surface area contributed by atoms with Crippen LogP contribution < -0.4 is 0 Å². The van der Waals surface area contributed by atoms with Crippen molar-refractivity contribution in [2.45, 2.75) is 61.8 Å². The number of hydrogen-bond acceptors (Lipinski definition) is 4. The van der Waals surface area contributed by atoms with E-state index in [-0.39, 0.29) is 25.5 Å². The van der Waals surface area contributed by atoms with Gasteiger partial charge in [0.1, 0.15) is 5.58 Å². The predicted molar refractivity (Wildman–Crippen MR) is 212 cm³/mol. The minimum atomic E-state index is 0. The SMILES string of the molecule is Cc1ccc(-c2[c-]cccc2)nc1.Cc1cccc(C)c1-c1cc(-c2[c-]ccc3c2oc2c3ccc3sc(C)c(C)c32)ncc1CC(C)(C)C.[Ir]. The molecular formula is C46H42IrN2OS-2. The summed E-state index contributed by atoms with van der Waals surface area (Å²) in [7, 11) is 0. The van der Waals surface area contributed by atoms with Gasteiger partial charge in [-0.1, -0.05) is 74.2 Å². The van der Waals surface area contributed by atoms with Crippen LogP contribution in [0.3, 0.4) is 0 Å². The van der Waals surface area contributed by atoms with Crippen LogP contribution in [0.15, 0.2) is 102 Å². The van der Waals surface area contributed by atoms with Crippen molar-refractivity contribution in [3.8, 4) is 33.6 Å². The molecule has 0 aliphatic rings. The number of aryl methyl sites for hydroxylation is 5. The zero-order chi connectivity index (χ0) is 35.2. The van der Waals surface area contributed by atoms with Crippen molar-refractivity contribution in [1.29, 1.82) is 0 Å². The Labute approximate surface area is 319 Å². The monoisotopic (exact) mass is 863 g/mol. The molecule has 0 aliphatic heterocycles. The number of thiophene rings is 1. The molecule has 4 heterocycles. The number of hydrogen-bond donors (Lipinski definition) is 0. The maximum Gasteiger partial charge on any atom is 0.129 e. The van der Waals surface area contributed by atoms with E-state index in [1.165, 1.54) is 53.9 Å². The number of nitrogens with zero attached hydrogens (tertiary/aromatic N) is 2. The first-order chi connectivity index (χ1) is 24.0. The molecule has 259 valence electrons. The van der Waals surface area contributed by atoms with Gasteiger partial charge in [0.15, 0.2) is 0 Å². The molecule has 0 unspecified atom stereocenters. The van der Waals surface area contributed by atoms with Gasteiger partial charge in [-0.05, 0) is 103 Å². The molecule has 5 heteroatoms. The predicted octanol–water partition coefficient (Wildman–Crippen LogP) is 13.0. The quantitative estimate of drug-likeness (QED) is 0.166. The van der Waals surface area contributed by atoms with Crippen LogP contribution in [-0.4, -0.2) is 9.97 Å². The summed E-state index contributed by atoms with van der Waals surface area (Å²) in [6.07, 6.45) is 4.90. The van der Waals surface area contributed by atoms with Crippen LogP contribution in [0.25, 0.3) is 65.7 Å². The van der Waals surface area contributed by atoms with Gasteiger partial charge >= 0.3 is 0 Å². The maximum atomic E-state index is 6.68. The molecule has 0 atom stereocenters. The first-order valence-electron chi connectivity index (χ1n) is 17.2. The summed E-state index contributed by atoms with van der Waals surface area (Å²) in [6, 6.07) is 35.9. The van der Waals surface area contributed by atoms with Crippen molar-refractivity contribution in [2.75, 3.05) is 0 Å². The van der Waals surface area contributed by atoms with Gasteiger partial charge in [0.05, 0.1) is 5.58 Å². The Morgan fingerprint density at radius 2 is 1.47 bits per heavy atom. The van der Waals surface area contributed by atoms with Crippen molar-refractivity contribution >= 4 is 43.4 Å². The molecule has 8 rings (SSSR count). The first kappa shape index (κ1) is 36.4. The van der Waals surface area contributed by atoms with Gasteiger partial charge in [-0.15, -0.1) is 65.4 Å². The molecule has 0 fully saturated rings. The van der Waals surface area contributed by atoms with Gasteiger partial charge in [-0.3, -0.25) is 0 Å². The van der Waals surface area contributed by atoms with Crippen molar-refractivity contribution in [3.05, 3.63) is 142 Å². The molecule has 8 aromatic rings. The average molecular weight is 863 g/mol. The van der Waals surface area contributed by atoms with E-state index in [4.69, 9.17) is 9.40 Å². The van der Waals surface area contributed by atoms with Gasteiger partial charge in [-0.2, -0.15) is 0 Å². The third-order valence-corrected chi connectivity index (χ3v) is 10.5. The molecule has 0 spiro atoms. The van der Waals surface area contributed by atoms with Crippen molar-refractivity contribution in [3.63, 3.8) is 0 Å². The van der Waals surface area contributed by atoms with E-state index in [2.05, 4.69) is 120 Å². The Morgan fingerprint density at radius 1 is 0.725 bits per heavy atom. The molecule has 0 saturated carbocycles. The number of fused-ring (bicyclic) bond motifs is 5. The van der Waals surface area contributed by atoms with Crippen molar-refractivity contribution in [2.24, 2.45) is 5.41 Å². The van der Waals surface area contributed by atoms with Crippen LogP contribution in [0.5, 0.6) is 0 Å². The average Bonchev–Trinajstić information content (AvgIpc) is 3.62. The van der Waals surface area contributed by atoms with Gasteiger partial charge in [0.25, 0.3) is 0 Å². The van der Waals surface area contributed by atoms with Crippen LogP contribution in [0.4, 0.5) is 0 Å². The minimum Gasteiger partial charge on any atom is -0.500 e. The van der Waals surface area contributed by atoms with E-state index in [0.29, 0.717) is 0 Å². The molecule has 0 saturated heterocycles. The number of furan rings is 1. The van der Waals surface area contributed by atoms with E-state index in [0.717, 1.165) is 50.9 Å². The van der Waals surface area contributed by atoms with E-state index in [9.17, 15) is 0 Å². The molecule has 0 bridgehead atoms. The van der Waals surface area contributed by atoms with Crippen LogP contribution in [0.1, 0.15) is 53.5 Å². The number of rotatable bonds is 4. The van der Waals surface area contributed by atoms with E-state index < -0.39 is 0 Å². The summed E-state index contributed by atoms with van der Waals surface area (Å²) in [4.78, 5) is 10.6. The minimum absolute atomic E-state index is 0. The number of aromatic nitrogens is 2. The standard InChI is InChI=1S/C34H32NOS.C12H10N.Ir/c1-19-10-8-11-20(2)30(19)27-16-28(35-18-23(27)17-34(5,6)7)26-13-9-12-24-25-14-15-29-31(21(3)22(4)37-29)33(25)36-32(24)26;1-10-7-8-12(13-9-10)11-5-3-2-4-6-11;/h8-12,14-16,18H,17H2,1-7H3;2-5,7-9H,1H3;/q2*-1;. The van der Waals surface area contributed by atoms with E-state index in [1.807, 2.05) is 60.9 Å². The molecule has 0 aliphatic carbocycles. The van der Waals surface area contributed by atoms with E-state index in [1.54, 1.807) is 0 Å². The normalized spacial score (nSPS) is 11.5. The Balaban J connectivity index is 0.000000269. The van der Waals surface area contributed by atoms with Crippen molar-refractivity contribution < 1.29 is 24.5 Å². The fourth-order valence-corrected chi connectivity index (χ4v) is 7.89. The van der Waals surface area contributed by atoms with Gasteiger partial charge < -0.3 is 14.4 Å². The Bertz CT molecular complexity index is 2460. The number of benzene rings is 4. The van der Waals surface area contributed by atoms with Crippen LogP contribution >= 0.6 is 11.3 Å². The summed E-state index contributed by atoms with van der Waals surface area (Å²) in [5.41, 5.74) is 14.7. The fourth-order valence-electron chi connectivity index (χ4n) is 6.82. The Morgan fingerprint density at radius 3 is 2.16 bits per heavy atom. The zero-order valence-electron chi connectivity index (χ0n) is 30.5. The topological polar surface area (TPSA) is 38.9 Å². The fraction of sp³-hybridized carbons (Fsp3) is 0.217. The van der Waals surface area contributed by atoms with Crippen LogP contribution in [-0.2, 0) is 26.5 Å². The molecule has 0 amide bonds. The largest absolute Gasteiger partial charge is 0.500 e. The summed E-state index contributed by atoms with van der Waals surface area (Å²) < 4.78 is 7.96. The van der Waals surface area contributed by atoms with Gasteiger partial charge in [0, 0.05) is 52.8 Å². The number of pyridine rings is 2. The first-order valence-corrected chi connectivity index (χ1v) is 18.0. The third kappa shape index (κ3) is 7.35. The Hall–Kier alpha value is -4.41. The maximum absolute atomic E-state index is 6.68. The zero-order valence-corrected chi connectivity index (χ0v) is 33.7. The Kier molecular flexibility index (Phi) is 10.5. The molecular weight excluding hydrogens is 821 g/mol. The summed E-state index contributed by atoms with van der Waals surface area (Å²) in [5, 5.41) is 3.49. The third-order valence-electron chi connectivity index (χ3n) is 9.34. The molecule has 0 N–H and O–H groups in total. The smallest absolute Gasteiger partial charge is 0.129 e. The second kappa shape index (κ2) is 14.7. The summed E-state index contributed by atoms with van der Waals surface area (Å²) in [5.74, 6) is 0. The molecule has 51 heavy (non-hydrogen) atoms. The van der Waals surface area contributed by atoms with Crippen LogP contribution in [0.2, 0.25) is 0 Å². The second-order valence-corrected chi connectivity index (χ2v) is 15.8. The van der Waals surface area contributed by atoms with Gasteiger partial charge in [0.2, 0.25) is 0 Å². The van der Waals surface area contributed by atoms with E-state index >= 15 is 0 Å².